The molecule has 0 aromatic carbocycles. The van der Waals surface area contributed by atoms with Crippen LogP contribution in [0.1, 0.15) is 105 Å². The fourth-order valence-corrected chi connectivity index (χ4v) is 9.90. The summed E-state index contributed by atoms with van der Waals surface area (Å²) in [7, 11) is -3.13. The summed E-state index contributed by atoms with van der Waals surface area (Å²) in [5, 5.41) is 0. The lowest BCUT2D eigenvalue weighted by atomic mass is 9.47. The second-order valence-electron chi connectivity index (χ2n) is 13.1. The van der Waals surface area contributed by atoms with Crippen molar-refractivity contribution in [2.24, 2.45) is 46.3 Å². The third-order valence-electron chi connectivity index (χ3n) is 10.7. The van der Waals surface area contributed by atoms with Crippen molar-refractivity contribution in [1.29, 1.82) is 0 Å². The van der Waals surface area contributed by atoms with E-state index < -0.39 is 10.0 Å². The Balaban J connectivity index is 1.47. The molecule has 0 unspecified atom stereocenters. The Morgan fingerprint density at radius 1 is 1.03 bits per heavy atom. The highest BCUT2D eigenvalue weighted by atomic mass is 32.2. The highest BCUT2D eigenvalue weighted by Crippen LogP contribution is 2.67. The number of allylic oxidation sites excluding steroid dienone is 1. The zero-order valence-corrected chi connectivity index (χ0v) is 22.4. The number of nitrogens with one attached hydrogen (secondary N) is 1. The van der Waals surface area contributed by atoms with E-state index in [1.165, 1.54) is 57.6 Å². The first-order chi connectivity index (χ1) is 14.9. The lowest BCUT2D eigenvalue weighted by Crippen LogP contribution is -2.52. The van der Waals surface area contributed by atoms with Crippen LogP contribution in [0.25, 0.3) is 0 Å². The quantitative estimate of drug-likeness (QED) is 0.415. The van der Waals surface area contributed by atoms with Crippen molar-refractivity contribution >= 4 is 10.0 Å². The molecule has 4 rings (SSSR count). The van der Waals surface area contributed by atoms with Crippen LogP contribution in [0.2, 0.25) is 0 Å². The van der Waals surface area contributed by atoms with E-state index in [1.807, 2.05) is 0 Å². The largest absolute Gasteiger partial charge is 0.213 e. The number of fused-ring (bicyclic) bond motifs is 5. The normalized spacial score (nSPS) is 42.7. The van der Waals surface area contributed by atoms with Crippen molar-refractivity contribution in [3.8, 4) is 0 Å². The van der Waals surface area contributed by atoms with E-state index in [-0.39, 0.29) is 6.04 Å². The van der Waals surface area contributed by atoms with E-state index in [2.05, 4.69) is 45.4 Å². The average Bonchev–Trinajstić information content (AvgIpc) is 3.04. The molecule has 184 valence electrons. The second kappa shape index (κ2) is 9.02. The van der Waals surface area contributed by atoms with Gasteiger partial charge in [0.15, 0.2) is 0 Å². The SMILES string of the molecule is CC(C)CCC[C@@H](C)[C@H]1CC[C@H]2[C@@H]3CC=C4C[C@@H](NS(C)(=O)=O)CC[C@]4(C)[C@H]3CC[C@]12C. The van der Waals surface area contributed by atoms with Gasteiger partial charge in [-0.25, -0.2) is 13.1 Å². The average molecular weight is 464 g/mol. The molecule has 0 aromatic rings. The summed E-state index contributed by atoms with van der Waals surface area (Å²) in [5.41, 5.74) is 2.39. The van der Waals surface area contributed by atoms with Crippen molar-refractivity contribution < 1.29 is 8.42 Å². The van der Waals surface area contributed by atoms with E-state index in [1.54, 1.807) is 5.57 Å². The smallest absolute Gasteiger partial charge is 0.208 e. The fourth-order valence-electron chi connectivity index (χ4n) is 9.09. The summed E-state index contributed by atoms with van der Waals surface area (Å²) in [6.45, 7) is 12.5. The Kier molecular flexibility index (Phi) is 6.98. The van der Waals surface area contributed by atoms with Crippen molar-refractivity contribution in [3.63, 3.8) is 0 Å². The molecule has 3 fully saturated rings. The predicted molar refractivity (Wildman–Crippen MR) is 135 cm³/mol. The van der Waals surface area contributed by atoms with Crippen LogP contribution in [0.4, 0.5) is 0 Å². The molecule has 0 bridgehead atoms. The first-order valence-corrected chi connectivity index (χ1v) is 15.5. The standard InChI is InChI=1S/C28H49NO2S/c1-19(2)8-7-9-20(3)24-12-13-25-23-11-10-21-18-22(29-32(6,30)31)14-16-27(21,4)26(23)15-17-28(24,25)5/h10,19-20,22-26,29H,7-9,11-18H2,1-6H3/t20-,22+,23+,24-,25+,26+,27+,28-/m1/s1. The molecule has 4 aliphatic carbocycles. The van der Waals surface area contributed by atoms with E-state index in [0.29, 0.717) is 10.8 Å². The first-order valence-electron chi connectivity index (χ1n) is 13.6. The second-order valence-corrected chi connectivity index (χ2v) is 14.9. The van der Waals surface area contributed by atoms with Crippen molar-refractivity contribution in [1.82, 2.24) is 4.72 Å². The molecule has 0 heterocycles. The highest BCUT2D eigenvalue weighted by molar-refractivity contribution is 7.88. The van der Waals surface area contributed by atoms with Gasteiger partial charge in [-0.15, -0.1) is 0 Å². The monoisotopic (exact) mass is 463 g/mol. The van der Waals surface area contributed by atoms with Gasteiger partial charge in [-0.05, 0) is 97.7 Å². The minimum absolute atomic E-state index is 0.0947. The van der Waals surface area contributed by atoms with Crippen LogP contribution in [0.3, 0.4) is 0 Å². The van der Waals surface area contributed by atoms with Gasteiger partial charge in [-0.1, -0.05) is 65.5 Å². The molecule has 4 heteroatoms. The lowest BCUT2D eigenvalue weighted by Gasteiger charge is -2.58. The molecule has 8 atom stereocenters. The van der Waals surface area contributed by atoms with E-state index in [9.17, 15) is 8.42 Å². The highest BCUT2D eigenvalue weighted by Gasteiger charge is 2.59. The van der Waals surface area contributed by atoms with Crippen LogP contribution < -0.4 is 4.72 Å². The third-order valence-corrected chi connectivity index (χ3v) is 11.4. The molecule has 3 nitrogen and oxygen atoms in total. The molecule has 0 saturated heterocycles. The summed E-state index contributed by atoms with van der Waals surface area (Å²) in [4.78, 5) is 0. The molecule has 4 aliphatic rings. The molecule has 1 N–H and O–H groups in total. The van der Waals surface area contributed by atoms with E-state index >= 15 is 0 Å². The zero-order valence-electron chi connectivity index (χ0n) is 21.6. The maximum absolute atomic E-state index is 11.8. The van der Waals surface area contributed by atoms with Crippen LogP contribution in [-0.2, 0) is 10.0 Å². The van der Waals surface area contributed by atoms with Gasteiger partial charge in [0.1, 0.15) is 0 Å². The summed E-state index contributed by atoms with van der Waals surface area (Å²) in [5.74, 6) is 5.14. The van der Waals surface area contributed by atoms with Crippen LogP contribution in [0.15, 0.2) is 11.6 Å². The van der Waals surface area contributed by atoms with E-state index in [0.717, 1.165) is 54.8 Å². The topological polar surface area (TPSA) is 46.2 Å². The lowest BCUT2D eigenvalue weighted by molar-refractivity contribution is -0.0511. The van der Waals surface area contributed by atoms with Gasteiger partial charge in [0, 0.05) is 6.04 Å². The minimum Gasteiger partial charge on any atom is -0.213 e. The van der Waals surface area contributed by atoms with Gasteiger partial charge in [-0.2, -0.15) is 0 Å². The molecule has 0 aliphatic heterocycles. The maximum atomic E-state index is 11.8. The van der Waals surface area contributed by atoms with Crippen LogP contribution in [-0.4, -0.2) is 20.7 Å². The number of sulfonamides is 1. The van der Waals surface area contributed by atoms with Gasteiger partial charge in [0.2, 0.25) is 10.0 Å². The summed E-state index contributed by atoms with van der Waals surface area (Å²) in [6.07, 6.45) is 18.0. The van der Waals surface area contributed by atoms with Gasteiger partial charge in [-0.3, -0.25) is 0 Å². The zero-order chi connectivity index (χ0) is 23.3. The predicted octanol–water partition coefficient (Wildman–Crippen LogP) is 6.95. The van der Waals surface area contributed by atoms with Gasteiger partial charge < -0.3 is 0 Å². The van der Waals surface area contributed by atoms with Crippen molar-refractivity contribution in [3.05, 3.63) is 11.6 Å². The number of rotatable bonds is 7. The van der Waals surface area contributed by atoms with E-state index in [4.69, 9.17) is 0 Å². The van der Waals surface area contributed by atoms with Crippen LogP contribution in [0, 0.1) is 46.3 Å². The number of hydrogen-bond donors (Lipinski definition) is 1. The van der Waals surface area contributed by atoms with Crippen molar-refractivity contribution in [2.75, 3.05) is 6.26 Å². The summed E-state index contributed by atoms with van der Waals surface area (Å²) >= 11 is 0. The Hall–Kier alpha value is -0.350. The molecule has 0 spiro atoms. The van der Waals surface area contributed by atoms with Crippen LogP contribution in [0.5, 0.6) is 0 Å². The molecule has 0 aromatic heterocycles. The Bertz CT molecular complexity index is 817. The summed E-state index contributed by atoms with van der Waals surface area (Å²) < 4.78 is 26.5. The molecule has 32 heavy (non-hydrogen) atoms. The molecule has 0 radical (unpaired) electrons. The Morgan fingerprint density at radius 2 is 1.78 bits per heavy atom. The van der Waals surface area contributed by atoms with Gasteiger partial charge in [0.05, 0.1) is 6.26 Å². The maximum Gasteiger partial charge on any atom is 0.208 e. The molecule has 3 saturated carbocycles. The van der Waals surface area contributed by atoms with Gasteiger partial charge >= 0.3 is 0 Å². The summed E-state index contributed by atoms with van der Waals surface area (Å²) in [6, 6.07) is 0.0947. The molecule has 0 amide bonds. The van der Waals surface area contributed by atoms with Gasteiger partial charge in [0.25, 0.3) is 0 Å². The minimum atomic E-state index is -3.13. The first kappa shape index (κ1) is 24.8. The van der Waals surface area contributed by atoms with Crippen LogP contribution >= 0.6 is 0 Å². The molecular weight excluding hydrogens is 414 g/mol. The Morgan fingerprint density at radius 3 is 2.47 bits per heavy atom. The fraction of sp³-hybridized carbons (Fsp3) is 0.929. The Labute approximate surface area is 198 Å². The molecular formula is C28H49NO2S. The van der Waals surface area contributed by atoms with Crippen molar-refractivity contribution in [2.45, 2.75) is 111 Å². The third kappa shape index (κ3) is 4.61. The number of hydrogen-bond acceptors (Lipinski definition) is 2.